The molecule has 0 aromatic rings. The number of rotatable bonds is 4. The van der Waals surface area contributed by atoms with E-state index in [0.29, 0.717) is 12.8 Å². The summed E-state index contributed by atoms with van der Waals surface area (Å²) in [6, 6.07) is 1.94. The van der Waals surface area contributed by atoms with Gasteiger partial charge in [0.2, 0.25) is 5.91 Å². The second-order valence-corrected chi connectivity index (χ2v) is 3.23. The lowest BCUT2D eigenvalue weighted by molar-refractivity contribution is -0.147. The third-order valence-corrected chi connectivity index (χ3v) is 2.24. The maximum atomic E-state index is 11.3. The highest BCUT2D eigenvalue weighted by atomic mass is 16.7. The molecule has 0 spiro atoms. The molecule has 1 saturated carbocycles. The maximum absolute atomic E-state index is 11.3. The van der Waals surface area contributed by atoms with Crippen molar-refractivity contribution in [3.63, 3.8) is 0 Å². The molecule has 0 unspecified atom stereocenters. The first kappa shape index (κ1) is 10.5. The normalized spacial score (nSPS) is 17.6. The van der Waals surface area contributed by atoms with Crippen molar-refractivity contribution >= 4 is 11.8 Å². The van der Waals surface area contributed by atoms with Crippen LogP contribution < -0.4 is 11.2 Å². The number of carbonyl (C=O) groups excluding carboxylic acids is 2. The summed E-state index contributed by atoms with van der Waals surface area (Å²) in [4.78, 5) is 26.1. The Hall–Kier alpha value is -1.61. The van der Waals surface area contributed by atoms with E-state index in [1.807, 2.05) is 11.5 Å². The van der Waals surface area contributed by atoms with Crippen LogP contribution in [0.4, 0.5) is 0 Å². The topological polar surface area (TPSA) is 105 Å². The van der Waals surface area contributed by atoms with Crippen LogP contribution in [0, 0.1) is 16.7 Å². The number of nitrogens with zero attached hydrogens (tertiary/aromatic N) is 1. The lowest BCUT2D eigenvalue weighted by atomic mass is 9.69. The molecule has 1 fully saturated rings. The summed E-state index contributed by atoms with van der Waals surface area (Å²) in [7, 11) is 0. The Balaban J connectivity index is 2.35. The summed E-state index contributed by atoms with van der Waals surface area (Å²) in [6.45, 7) is -0.382. The van der Waals surface area contributed by atoms with Gasteiger partial charge in [0.25, 0.3) is 5.91 Å². The van der Waals surface area contributed by atoms with Gasteiger partial charge in [-0.1, -0.05) is 0 Å². The Labute approximate surface area is 81.0 Å². The Morgan fingerprint density at radius 1 is 1.57 bits per heavy atom. The van der Waals surface area contributed by atoms with E-state index < -0.39 is 17.2 Å². The smallest absolute Gasteiger partial charge is 0.264 e. The highest BCUT2D eigenvalue weighted by molar-refractivity contribution is 5.85. The van der Waals surface area contributed by atoms with E-state index in [2.05, 4.69) is 4.84 Å². The SMILES string of the molecule is N#CC1(C(=O)NOCC(N)=O)CCC1. The average molecular weight is 197 g/mol. The van der Waals surface area contributed by atoms with Gasteiger partial charge in [-0.3, -0.25) is 14.4 Å². The molecule has 0 radical (unpaired) electrons. The molecule has 0 atom stereocenters. The van der Waals surface area contributed by atoms with Crippen molar-refractivity contribution in [2.45, 2.75) is 19.3 Å². The molecule has 76 valence electrons. The molecule has 2 amide bonds. The summed E-state index contributed by atoms with van der Waals surface area (Å²) in [5.41, 5.74) is 5.87. The van der Waals surface area contributed by atoms with Crippen molar-refractivity contribution in [1.82, 2.24) is 5.48 Å². The van der Waals surface area contributed by atoms with Gasteiger partial charge in [0.05, 0.1) is 6.07 Å². The Bertz CT molecular complexity index is 291. The van der Waals surface area contributed by atoms with Gasteiger partial charge in [-0.2, -0.15) is 5.26 Å². The third kappa shape index (κ3) is 2.00. The van der Waals surface area contributed by atoms with Crippen molar-refractivity contribution in [3.8, 4) is 6.07 Å². The first-order valence-electron chi connectivity index (χ1n) is 4.22. The van der Waals surface area contributed by atoms with Gasteiger partial charge in [-0.05, 0) is 19.3 Å². The van der Waals surface area contributed by atoms with E-state index in [0.717, 1.165) is 6.42 Å². The molecule has 0 aliphatic heterocycles. The number of hydroxylamine groups is 1. The minimum absolute atomic E-state index is 0.382. The van der Waals surface area contributed by atoms with Gasteiger partial charge in [0, 0.05) is 0 Å². The van der Waals surface area contributed by atoms with Crippen molar-refractivity contribution in [2.75, 3.05) is 6.61 Å². The fourth-order valence-corrected chi connectivity index (χ4v) is 1.19. The van der Waals surface area contributed by atoms with Crippen LogP contribution in [0.25, 0.3) is 0 Å². The number of nitrogens with one attached hydrogen (secondary N) is 1. The molecule has 0 aromatic heterocycles. The predicted molar refractivity (Wildman–Crippen MR) is 45.2 cm³/mol. The van der Waals surface area contributed by atoms with Crippen LogP contribution in [0.1, 0.15) is 19.3 Å². The fourth-order valence-electron chi connectivity index (χ4n) is 1.19. The van der Waals surface area contributed by atoms with E-state index in [1.165, 1.54) is 0 Å². The highest BCUT2D eigenvalue weighted by Crippen LogP contribution is 2.40. The molecule has 1 aliphatic carbocycles. The Kier molecular flexibility index (Phi) is 3.04. The number of nitrogens with two attached hydrogens (primary N) is 1. The molecule has 6 heteroatoms. The number of hydrogen-bond donors (Lipinski definition) is 2. The summed E-state index contributed by atoms with van der Waals surface area (Å²) in [5, 5.41) is 8.76. The van der Waals surface area contributed by atoms with E-state index in [9.17, 15) is 9.59 Å². The number of amides is 2. The molecule has 3 N–H and O–H groups in total. The molecular weight excluding hydrogens is 186 g/mol. The maximum Gasteiger partial charge on any atom is 0.264 e. The Morgan fingerprint density at radius 2 is 2.21 bits per heavy atom. The first-order chi connectivity index (χ1) is 6.60. The van der Waals surface area contributed by atoms with Gasteiger partial charge < -0.3 is 5.73 Å². The standard InChI is InChI=1S/C8H11N3O3/c9-5-8(2-1-3-8)7(13)11-14-4-6(10)12/h1-4H2,(H2,10,12)(H,11,13). The number of carbonyl (C=O) groups is 2. The monoisotopic (exact) mass is 197 g/mol. The van der Waals surface area contributed by atoms with E-state index in [4.69, 9.17) is 11.0 Å². The zero-order chi connectivity index (χ0) is 10.6. The number of hydrogen-bond acceptors (Lipinski definition) is 4. The molecule has 0 saturated heterocycles. The lowest BCUT2D eigenvalue weighted by Gasteiger charge is -2.32. The summed E-state index contributed by atoms with van der Waals surface area (Å²) >= 11 is 0. The van der Waals surface area contributed by atoms with Crippen molar-refractivity contribution < 1.29 is 14.4 Å². The minimum atomic E-state index is -0.961. The van der Waals surface area contributed by atoms with Crippen LogP contribution in [0.2, 0.25) is 0 Å². The summed E-state index contributed by atoms with van der Waals surface area (Å²) < 4.78 is 0. The van der Waals surface area contributed by atoms with E-state index in [-0.39, 0.29) is 6.61 Å². The Morgan fingerprint density at radius 3 is 2.57 bits per heavy atom. The van der Waals surface area contributed by atoms with Crippen molar-refractivity contribution in [1.29, 1.82) is 5.26 Å². The van der Waals surface area contributed by atoms with E-state index >= 15 is 0 Å². The van der Waals surface area contributed by atoms with Gasteiger partial charge in [-0.25, -0.2) is 5.48 Å². The quantitative estimate of drug-likeness (QED) is 0.576. The summed E-state index contributed by atoms with van der Waals surface area (Å²) in [6.07, 6.45) is 1.93. The highest BCUT2D eigenvalue weighted by Gasteiger charge is 2.44. The summed E-state index contributed by atoms with van der Waals surface area (Å²) in [5.74, 6) is -1.17. The minimum Gasteiger partial charge on any atom is -0.368 e. The zero-order valence-electron chi connectivity index (χ0n) is 7.58. The molecule has 6 nitrogen and oxygen atoms in total. The number of nitriles is 1. The molecule has 0 heterocycles. The van der Waals surface area contributed by atoms with Crippen LogP contribution >= 0.6 is 0 Å². The van der Waals surface area contributed by atoms with E-state index in [1.54, 1.807) is 0 Å². The van der Waals surface area contributed by atoms with Crippen molar-refractivity contribution in [3.05, 3.63) is 0 Å². The largest absolute Gasteiger partial charge is 0.368 e. The lowest BCUT2D eigenvalue weighted by Crippen LogP contribution is -2.45. The average Bonchev–Trinajstić information content (AvgIpc) is 2.02. The van der Waals surface area contributed by atoms with Crippen LogP contribution in [0.3, 0.4) is 0 Å². The van der Waals surface area contributed by atoms with Gasteiger partial charge in [0.15, 0.2) is 6.61 Å². The molecular formula is C8H11N3O3. The second-order valence-electron chi connectivity index (χ2n) is 3.23. The number of primary amides is 1. The first-order valence-corrected chi connectivity index (χ1v) is 4.22. The predicted octanol–water partition coefficient (Wildman–Crippen LogP) is -0.787. The van der Waals surface area contributed by atoms with Crippen molar-refractivity contribution in [2.24, 2.45) is 11.1 Å². The molecule has 1 aliphatic rings. The van der Waals surface area contributed by atoms with Gasteiger partial charge in [-0.15, -0.1) is 0 Å². The zero-order valence-corrected chi connectivity index (χ0v) is 7.58. The van der Waals surface area contributed by atoms with Crippen LogP contribution in [-0.4, -0.2) is 18.4 Å². The van der Waals surface area contributed by atoms with Gasteiger partial charge >= 0.3 is 0 Å². The third-order valence-electron chi connectivity index (χ3n) is 2.24. The van der Waals surface area contributed by atoms with Gasteiger partial charge in [0.1, 0.15) is 5.41 Å². The molecule has 0 aromatic carbocycles. The fraction of sp³-hybridized carbons (Fsp3) is 0.625. The molecule has 14 heavy (non-hydrogen) atoms. The van der Waals surface area contributed by atoms with Crippen LogP contribution in [0.5, 0.6) is 0 Å². The molecule has 0 bridgehead atoms. The van der Waals surface area contributed by atoms with Crippen LogP contribution in [0.15, 0.2) is 0 Å². The molecule has 1 rings (SSSR count). The second kappa shape index (κ2) is 4.07. The van der Waals surface area contributed by atoms with Crippen LogP contribution in [-0.2, 0) is 14.4 Å².